The van der Waals surface area contributed by atoms with Crippen LogP contribution in [-0.2, 0) is 14.9 Å². The first kappa shape index (κ1) is 21.1. The number of fused-ring (bicyclic) bond motifs is 2. The van der Waals surface area contributed by atoms with Crippen LogP contribution < -0.4 is 0 Å². The van der Waals surface area contributed by atoms with Gasteiger partial charge < -0.3 is 0 Å². The second kappa shape index (κ2) is 8.01. The quantitative estimate of drug-likeness (QED) is 0.699. The average molecular weight is 419 g/mol. The van der Waals surface area contributed by atoms with E-state index in [2.05, 4.69) is 48.5 Å². The molecule has 2 atom stereocenters. The van der Waals surface area contributed by atoms with Crippen LogP contribution in [0.1, 0.15) is 33.1 Å². The molecule has 2 saturated carbocycles. The number of benzene rings is 2. The van der Waals surface area contributed by atoms with Gasteiger partial charge in [-0.2, -0.15) is 8.42 Å². The Morgan fingerprint density at radius 3 is 1.86 bits per heavy atom. The minimum absolute atomic E-state index is 0.0152. The molecule has 0 aromatic heterocycles. The molecule has 0 amide bonds. The molecule has 2 aromatic carbocycles. The highest BCUT2D eigenvalue weighted by molar-refractivity contribution is 7.99. The SMILES string of the molecule is CC1(C)C2CCC1(CS(=O)(=O)O)C(=O)C2.c1ccc(Sc2ccccc2)cc1. The molecular weight excluding hydrogens is 392 g/mol. The number of rotatable bonds is 4. The minimum atomic E-state index is -4.08. The Hall–Kier alpha value is -1.63. The van der Waals surface area contributed by atoms with E-state index in [1.807, 2.05) is 26.0 Å². The van der Waals surface area contributed by atoms with E-state index in [1.165, 1.54) is 9.79 Å². The Balaban J connectivity index is 0.000000162. The van der Waals surface area contributed by atoms with Crippen LogP contribution in [-0.4, -0.2) is 24.5 Å². The van der Waals surface area contributed by atoms with Crippen molar-refractivity contribution in [3.05, 3.63) is 60.7 Å². The molecule has 6 heteroatoms. The topological polar surface area (TPSA) is 71.4 Å². The van der Waals surface area contributed by atoms with Crippen LogP contribution >= 0.6 is 11.8 Å². The van der Waals surface area contributed by atoms with Crippen molar-refractivity contribution in [2.75, 3.05) is 5.75 Å². The third-order valence-corrected chi connectivity index (χ3v) is 8.16. The molecule has 2 aromatic rings. The molecule has 2 bridgehead atoms. The van der Waals surface area contributed by atoms with Crippen LogP contribution in [0.3, 0.4) is 0 Å². The van der Waals surface area contributed by atoms with Crippen molar-refractivity contribution in [1.29, 1.82) is 0 Å². The normalized spacial score (nSPS) is 25.2. The Morgan fingerprint density at radius 2 is 1.50 bits per heavy atom. The van der Waals surface area contributed by atoms with E-state index in [4.69, 9.17) is 4.55 Å². The standard InChI is InChI=1S/C12H10S.C10H16O4S/c1-3-7-11(8-4-1)13-12-9-5-2-6-10-12;1-9(2)7-3-4-10(9,8(11)5-7)6-15(12,13)14/h1-10H;7H,3-6H2,1-2H3,(H,12,13,14). The highest BCUT2D eigenvalue weighted by Crippen LogP contribution is 2.64. The van der Waals surface area contributed by atoms with Crippen molar-refractivity contribution in [1.82, 2.24) is 0 Å². The minimum Gasteiger partial charge on any atom is -0.299 e. The summed E-state index contributed by atoms with van der Waals surface area (Å²) in [6, 6.07) is 20.8. The van der Waals surface area contributed by atoms with Gasteiger partial charge in [0.2, 0.25) is 0 Å². The molecule has 2 aliphatic rings. The van der Waals surface area contributed by atoms with Crippen molar-refractivity contribution in [2.24, 2.45) is 16.7 Å². The second-order valence-electron chi connectivity index (χ2n) is 8.12. The predicted octanol–water partition coefficient (Wildman–Crippen LogP) is 5.11. The highest BCUT2D eigenvalue weighted by atomic mass is 32.2. The third kappa shape index (κ3) is 4.34. The van der Waals surface area contributed by atoms with E-state index in [-0.39, 0.29) is 17.1 Å². The maximum atomic E-state index is 11.9. The third-order valence-electron chi connectivity index (χ3n) is 6.29. The largest absolute Gasteiger partial charge is 0.299 e. The second-order valence-corrected chi connectivity index (χ2v) is 10.7. The molecule has 0 saturated heterocycles. The lowest BCUT2D eigenvalue weighted by Gasteiger charge is -2.35. The van der Waals surface area contributed by atoms with Crippen LogP contribution in [0.15, 0.2) is 70.5 Å². The zero-order chi connectivity index (χ0) is 20.4. The lowest BCUT2D eigenvalue weighted by molar-refractivity contribution is -0.128. The Morgan fingerprint density at radius 1 is 1.00 bits per heavy atom. The van der Waals surface area contributed by atoms with Gasteiger partial charge in [-0.25, -0.2) is 0 Å². The lowest BCUT2D eigenvalue weighted by atomic mass is 9.70. The average Bonchev–Trinajstić information content (AvgIpc) is 2.97. The number of ketones is 1. The summed E-state index contributed by atoms with van der Waals surface area (Å²) in [5.74, 6) is -0.101. The smallest absolute Gasteiger partial charge is 0.265 e. The van der Waals surface area contributed by atoms with Crippen LogP contribution in [0.4, 0.5) is 0 Å². The van der Waals surface area contributed by atoms with Crippen molar-refractivity contribution in [2.45, 2.75) is 42.9 Å². The van der Waals surface area contributed by atoms with Crippen molar-refractivity contribution < 1.29 is 17.8 Å². The maximum absolute atomic E-state index is 11.9. The number of hydrogen-bond acceptors (Lipinski definition) is 4. The fourth-order valence-corrected chi connectivity index (χ4v) is 6.69. The Bertz CT molecular complexity index is 886. The monoisotopic (exact) mass is 418 g/mol. The van der Waals surface area contributed by atoms with Crippen molar-refractivity contribution >= 4 is 27.7 Å². The summed E-state index contributed by atoms with van der Waals surface area (Å²) < 4.78 is 31.0. The maximum Gasteiger partial charge on any atom is 0.265 e. The highest BCUT2D eigenvalue weighted by Gasteiger charge is 2.65. The fourth-order valence-electron chi connectivity index (χ4n) is 4.53. The Kier molecular flexibility index (Phi) is 6.03. The van der Waals surface area contributed by atoms with Gasteiger partial charge in [0, 0.05) is 16.2 Å². The van der Waals surface area contributed by atoms with E-state index in [9.17, 15) is 13.2 Å². The molecule has 2 unspecified atom stereocenters. The van der Waals surface area contributed by atoms with Gasteiger partial charge in [-0.05, 0) is 48.4 Å². The van der Waals surface area contributed by atoms with Gasteiger partial charge >= 0.3 is 0 Å². The molecule has 150 valence electrons. The van der Waals surface area contributed by atoms with Gasteiger partial charge in [0.15, 0.2) is 0 Å². The van der Waals surface area contributed by atoms with E-state index in [0.29, 0.717) is 12.8 Å². The lowest BCUT2D eigenvalue weighted by Crippen LogP contribution is -2.42. The molecule has 2 aliphatic carbocycles. The van der Waals surface area contributed by atoms with Crippen molar-refractivity contribution in [3.8, 4) is 0 Å². The summed E-state index contributed by atoms with van der Waals surface area (Å²) in [5.41, 5.74) is -1.12. The molecule has 0 aliphatic heterocycles. The molecule has 1 N–H and O–H groups in total. The van der Waals surface area contributed by atoms with Gasteiger partial charge in [-0.1, -0.05) is 62.0 Å². The van der Waals surface area contributed by atoms with Gasteiger partial charge in [0.05, 0.1) is 11.2 Å². The van der Waals surface area contributed by atoms with E-state index in [1.54, 1.807) is 11.8 Å². The summed E-state index contributed by atoms with van der Waals surface area (Å²) in [4.78, 5) is 14.4. The Labute approximate surface area is 171 Å². The van der Waals surface area contributed by atoms with Crippen LogP contribution in [0, 0.1) is 16.7 Å². The van der Waals surface area contributed by atoms with Crippen molar-refractivity contribution in [3.63, 3.8) is 0 Å². The first-order valence-corrected chi connectivity index (χ1v) is 11.8. The number of Topliss-reactive ketones (excluding diaryl/α,β-unsaturated/α-hetero) is 1. The number of hydrogen-bond donors (Lipinski definition) is 1. The van der Waals surface area contributed by atoms with Crippen LogP contribution in [0.25, 0.3) is 0 Å². The molecule has 2 fully saturated rings. The summed E-state index contributed by atoms with van der Waals surface area (Å²) in [7, 11) is -4.08. The predicted molar refractivity (Wildman–Crippen MR) is 112 cm³/mol. The van der Waals surface area contributed by atoms with Gasteiger partial charge in [-0.15, -0.1) is 0 Å². The van der Waals surface area contributed by atoms with Gasteiger partial charge in [-0.3, -0.25) is 9.35 Å². The molecule has 0 spiro atoms. The number of carbonyl (C=O) groups is 1. The molecular formula is C22H26O4S2. The van der Waals surface area contributed by atoms with Crippen LogP contribution in [0.2, 0.25) is 0 Å². The van der Waals surface area contributed by atoms with Gasteiger partial charge in [0.25, 0.3) is 10.1 Å². The molecule has 28 heavy (non-hydrogen) atoms. The summed E-state index contributed by atoms with van der Waals surface area (Å²) in [6.45, 7) is 3.89. The van der Waals surface area contributed by atoms with Gasteiger partial charge in [0.1, 0.15) is 5.78 Å². The number of carbonyl (C=O) groups excluding carboxylic acids is 1. The zero-order valence-corrected chi connectivity index (χ0v) is 17.8. The summed E-state index contributed by atoms with van der Waals surface area (Å²) >= 11 is 1.79. The van der Waals surface area contributed by atoms with E-state index >= 15 is 0 Å². The molecule has 4 rings (SSSR count). The van der Waals surface area contributed by atoms with E-state index < -0.39 is 21.3 Å². The molecule has 4 nitrogen and oxygen atoms in total. The van der Waals surface area contributed by atoms with Crippen LogP contribution in [0.5, 0.6) is 0 Å². The fraction of sp³-hybridized carbons (Fsp3) is 0.409. The summed E-state index contributed by atoms with van der Waals surface area (Å²) in [5, 5.41) is 0. The molecule has 0 radical (unpaired) electrons. The zero-order valence-electron chi connectivity index (χ0n) is 16.2. The van der Waals surface area contributed by atoms with E-state index in [0.717, 1.165) is 6.42 Å². The first-order chi connectivity index (χ1) is 13.1. The molecule has 0 heterocycles. The first-order valence-electron chi connectivity index (χ1n) is 9.40. The summed E-state index contributed by atoms with van der Waals surface area (Å²) in [6.07, 6.45) is 1.97.